The Kier molecular flexibility index (Phi) is 5.60. The molecule has 6 nitrogen and oxygen atoms in total. The van der Waals surface area contributed by atoms with Crippen LogP contribution in [0.3, 0.4) is 0 Å². The normalized spacial score (nSPS) is 11.6. The maximum atomic E-state index is 12.0. The summed E-state index contributed by atoms with van der Waals surface area (Å²) in [7, 11) is 1.72. The molecule has 0 unspecified atom stereocenters. The first kappa shape index (κ1) is 19.1. The number of carbonyl (C=O) groups excluding carboxylic acids is 1. The van der Waals surface area contributed by atoms with E-state index in [0.29, 0.717) is 17.1 Å². The lowest BCUT2D eigenvalue weighted by atomic mass is 10.0. The van der Waals surface area contributed by atoms with E-state index in [1.54, 1.807) is 11.6 Å². The fraction of sp³-hybridized carbons (Fsp3) is 0.250. The second kappa shape index (κ2) is 7.92. The molecule has 1 amide bonds. The van der Waals surface area contributed by atoms with Crippen molar-refractivity contribution in [1.82, 2.24) is 4.57 Å². The fourth-order valence-electron chi connectivity index (χ4n) is 2.71. The Morgan fingerprint density at radius 1 is 1.22 bits per heavy atom. The lowest BCUT2D eigenvalue weighted by Crippen LogP contribution is -2.07. The van der Waals surface area contributed by atoms with E-state index < -0.39 is 5.91 Å². The van der Waals surface area contributed by atoms with Gasteiger partial charge in [-0.05, 0) is 41.8 Å². The molecule has 0 bridgehead atoms. The van der Waals surface area contributed by atoms with Crippen LogP contribution in [0.2, 0.25) is 0 Å². The number of azo groups is 1. The number of hydrogen-bond donors (Lipinski definition) is 1. The van der Waals surface area contributed by atoms with Crippen molar-refractivity contribution in [1.29, 1.82) is 0 Å². The molecular formula is C20H20BrN3O3. The molecule has 2 aromatic carbocycles. The summed E-state index contributed by atoms with van der Waals surface area (Å²) in [4.78, 5) is 12.0. The smallest absolute Gasteiger partial charge is 0.302 e. The van der Waals surface area contributed by atoms with Crippen LogP contribution in [0, 0.1) is 0 Å². The van der Waals surface area contributed by atoms with Crippen molar-refractivity contribution < 1.29 is 14.6 Å². The van der Waals surface area contributed by atoms with Gasteiger partial charge in [-0.2, -0.15) is 0 Å². The summed E-state index contributed by atoms with van der Waals surface area (Å²) in [6.45, 7) is 4.00. The Labute approximate surface area is 165 Å². The molecule has 0 aliphatic rings. The van der Waals surface area contributed by atoms with E-state index >= 15 is 0 Å². The number of carbonyl (C=O) groups is 1. The summed E-state index contributed by atoms with van der Waals surface area (Å²) in [5, 5.41) is 18.6. The first-order valence-electron chi connectivity index (χ1n) is 8.51. The number of halogens is 1. The number of ether oxygens (including phenoxy) is 1. The summed E-state index contributed by atoms with van der Waals surface area (Å²) < 4.78 is 7.89. The Morgan fingerprint density at radius 3 is 2.59 bits per heavy atom. The molecule has 0 saturated heterocycles. The molecule has 0 radical (unpaired) electrons. The summed E-state index contributed by atoms with van der Waals surface area (Å²) in [6.07, 6.45) is 0. The third kappa shape index (κ3) is 4.19. The van der Waals surface area contributed by atoms with Crippen molar-refractivity contribution in [2.24, 2.45) is 17.3 Å². The monoisotopic (exact) mass is 429 g/mol. The zero-order chi connectivity index (χ0) is 19.6. The van der Waals surface area contributed by atoms with Gasteiger partial charge >= 0.3 is 5.91 Å². The van der Waals surface area contributed by atoms with Crippen LogP contribution in [0.5, 0.6) is 11.6 Å². The second-order valence-electron chi connectivity index (χ2n) is 6.50. The van der Waals surface area contributed by atoms with Crippen LogP contribution in [0.1, 0.15) is 25.3 Å². The molecule has 0 atom stereocenters. The van der Waals surface area contributed by atoms with Crippen LogP contribution in [0.25, 0.3) is 10.9 Å². The minimum absolute atomic E-state index is 0.0511. The number of benzene rings is 2. The van der Waals surface area contributed by atoms with E-state index in [-0.39, 0.29) is 18.2 Å². The first-order valence-corrected chi connectivity index (χ1v) is 9.30. The molecule has 27 heavy (non-hydrogen) atoms. The highest BCUT2D eigenvalue weighted by molar-refractivity contribution is 9.10. The quantitative estimate of drug-likeness (QED) is 0.547. The third-order valence-corrected chi connectivity index (χ3v) is 4.77. The predicted octanol–water partition coefficient (Wildman–Crippen LogP) is 5.46. The average Bonchev–Trinajstić information content (AvgIpc) is 2.88. The van der Waals surface area contributed by atoms with Crippen LogP contribution >= 0.6 is 15.9 Å². The molecule has 1 N–H and O–H groups in total. The molecule has 0 saturated carbocycles. The maximum Gasteiger partial charge on any atom is 0.302 e. The molecule has 0 spiro atoms. The van der Waals surface area contributed by atoms with Crippen LogP contribution in [-0.2, 0) is 11.8 Å². The molecule has 0 aliphatic carbocycles. The van der Waals surface area contributed by atoms with Crippen LogP contribution < -0.4 is 4.74 Å². The Bertz CT molecular complexity index is 1010. The largest absolute Gasteiger partial charge is 0.493 e. The van der Waals surface area contributed by atoms with E-state index in [4.69, 9.17) is 4.74 Å². The van der Waals surface area contributed by atoms with Gasteiger partial charge in [0.15, 0.2) is 12.3 Å². The summed E-state index contributed by atoms with van der Waals surface area (Å²) in [5.74, 6) is 0.446. The molecule has 0 aliphatic heterocycles. The van der Waals surface area contributed by atoms with E-state index in [2.05, 4.69) is 40.0 Å². The average molecular weight is 430 g/mol. The summed E-state index contributed by atoms with van der Waals surface area (Å²) in [5.41, 5.74) is 2.24. The van der Waals surface area contributed by atoms with Gasteiger partial charge in [-0.15, -0.1) is 10.2 Å². The zero-order valence-electron chi connectivity index (χ0n) is 15.3. The van der Waals surface area contributed by atoms with Crippen molar-refractivity contribution >= 4 is 38.4 Å². The number of aryl methyl sites for hydroxylation is 1. The molecule has 1 heterocycles. The van der Waals surface area contributed by atoms with Crippen LogP contribution in [0.4, 0.5) is 5.69 Å². The van der Waals surface area contributed by atoms with E-state index in [9.17, 15) is 9.90 Å². The second-order valence-corrected chi connectivity index (χ2v) is 7.41. The van der Waals surface area contributed by atoms with E-state index in [1.807, 2.05) is 42.5 Å². The van der Waals surface area contributed by atoms with Gasteiger partial charge in [-0.1, -0.05) is 41.9 Å². The minimum atomic E-state index is -0.533. The van der Waals surface area contributed by atoms with Gasteiger partial charge in [0.2, 0.25) is 5.88 Å². The SMILES string of the molecule is CC(C)c1ccc(OCC(=O)N=Nc2c(O)n(C)c3ccc(Br)cc23)cc1. The van der Waals surface area contributed by atoms with Gasteiger partial charge in [0.25, 0.3) is 0 Å². The number of rotatable bonds is 5. The number of fused-ring (bicyclic) bond motifs is 1. The van der Waals surface area contributed by atoms with Crippen molar-refractivity contribution in [3.8, 4) is 11.6 Å². The minimum Gasteiger partial charge on any atom is -0.493 e. The highest BCUT2D eigenvalue weighted by Gasteiger charge is 2.15. The number of aromatic hydroxyl groups is 1. The maximum absolute atomic E-state index is 12.0. The topological polar surface area (TPSA) is 76.2 Å². The van der Waals surface area contributed by atoms with Gasteiger partial charge in [0, 0.05) is 16.9 Å². The van der Waals surface area contributed by atoms with Crippen LogP contribution in [-0.4, -0.2) is 22.2 Å². The van der Waals surface area contributed by atoms with Crippen LogP contribution in [0.15, 0.2) is 57.2 Å². The molecular weight excluding hydrogens is 410 g/mol. The van der Waals surface area contributed by atoms with Crippen molar-refractivity contribution in [3.63, 3.8) is 0 Å². The molecule has 0 fully saturated rings. The third-order valence-electron chi connectivity index (χ3n) is 4.28. The van der Waals surface area contributed by atoms with Gasteiger partial charge in [0.1, 0.15) is 5.75 Å². The molecule has 3 aromatic rings. The van der Waals surface area contributed by atoms with Crippen molar-refractivity contribution in [3.05, 3.63) is 52.5 Å². The molecule has 140 valence electrons. The summed E-state index contributed by atoms with van der Waals surface area (Å²) in [6, 6.07) is 13.1. The number of nitrogens with zero attached hydrogens (tertiary/aromatic N) is 3. The van der Waals surface area contributed by atoms with E-state index in [1.165, 1.54) is 5.56 Å². The standard InChI is InChI=1S/C20H20BrN3O3/c1-12(2)13-4-7-15(8-5-13)27-11-18(25)22-23-19-16-10-14(21)6-9-17(16)24(3)20(19)26/h4-10,12,26H,11H2,1-3H3. The number of aromatic nitrogens is 1. The fourth-order valence-corrected chi connectivity index (χ4v) is 3.07. The summed E-state index contributed by atoms with van der Waals surface area (Å²) >= 11 is 3.39. The number of amides is 1. The lowest BCUT2D eigenvalue weighted by molar-refractivity contribution is -0.120. The zero-order valence-corrected chi connectivity index (χ0v) is 16.9. The van der Waals surface area contributed by atoms with Gasteiger partial charge in [-0.25, -0.2) is 0 Å². The molecule has 1 aromatic heterocycles. The lowest BCUT2D eigenvalue weighted by Gasteiger charge is -2.07. The predicted molar refractivity (Wildman–Crippen MR) is 108 cm³/mol. The van der Waals surface area contributed by atoms with E-state index in [0.717, 1.165) is 9.99 Å². The first-order chi connectivity index (χ1) is 12.9. The van der Waals surface area contributed by atoms with Gasteiger partial charge < -0.3 is 14.4 Å². The Morgan fingerprint density at radius 2 is 1.93 bits per heavy atom. The molecule has 3 rings (SSSR count). The Balaban J connectivity index is 1.71. The molecule has 7 heteroatoms. The van der Waals surface area contributed by atoms with Gasteiger partial charge in [0.05, 0.1) is 5.52 Å². The van der Waals surface area contributed by atoms with Crippen molar-refractivity contribution in [2.45, 2.75) is 19.8 Å². The highest BCUT2D eigenvalue weighted by atomic mass is 79.9. The number of hydrogen-bond acceptors (Lipinski definition) is 4. The van der Waals surface area contributed by atoms with Crippen molar-refractivity contribution in [2.75, 3.05) is 6.61 Å². The Hall–Kier alpha value is -2.67. The van der Waals surface area contributed by atoms with Gasteiger partial charge in [-0.3, -0.25) is 4.79 Å². The highest BCUT2D eigenvalue weighted by Crippen LogP contribution is 2.39.